The van der Waals surface area contributed by atoms with Crippen molar-refractivity contribution in [3.8, 4) is 11.5 Å². The maximum absolute atomic E-state index is 12.4. The van der Waals surface area contributed by atoms with Crippen LogP contribution in [-0.4, -0.2) is 35.7 Å². The Labute approximate surface area is 210 Å². The van der Waals surface area contributed by atoms with E-state index in [9.17, 15) is 4.79 Å². The van der Waals surface area contributed by atoms with Gasteiger partial charge in [-0.2, -0.15) is 0 Å². The highest BCUT2D eigenvalue weighted by atomic mass is 35.5. The van der Waals surface area contributed by atoms with Crippen LogP contribution in [0.1, 0.15) is 35.4 Å². The molecule has 4 rings (SSSR count). The number of para-hydroxylation sites is 4. The van der Waals surface area contributed by atoms with Gasteiger partial charge in [-0.25, -0.2) is 4.98 Å². The number of nitrogens with zero attached hydrogens (tertiary/aromatic N) is 2. The lowest BCUT2D eigenvalue weighted by molar-refractivity contribution is 0.0953. The highest BCUT2D eigenvalue weighted by Gasteiger charge is 2.12. The summed E-state index contributed by atoms with van der Waals surface area (Å²) >= 11 is 6.13. The maximum Gasteiger partial charge on any atom is 0.252 e. The summed E-state index contributed by atoms with van der Waals surface area (Å²) in [6.45, 7) is 2.04. The normalized spacial score (nSPS) is 10.9. The highest BCUT2D eigenvalue weighted by molar-refractivity contribution is 6.33. The lowest BCUT2D eigenvalue weighted by Gasteiger charge is -2.12. The van der Waals surface area contributed by atoms with Gasteiger partial charge < -0.3 is 19.4 Å². The van der Waals surface area contributed by atoms with Crippen molar-refractivity contribution < 1.29 is 14.3 Å². The third kappa shape index (κ3) is 6.34. The smallest absolute Gasteiger partial charge is 0.252 e. The van der Waals surface area contributed by atoms with Gasteiger partial charge in [0.25, 0.3) is 5.91 Å². The molecule has 0 atom stereocenters. The Morgan fingerprint density at radius 3 is 2.51 bits per heavy atom. The second kappa shape index (κ2) is 12.3. The van der Waals surface area contributed by atoms with Crippen LogP contribution in [0.2, 0.25) is 5.02 Å². The molecule has 0 aliphatic carbocycles. The molecule has 0 spiro atoms. The predicted octanol–water partition coefficient (Wildman–Crippen LogP) is 5.92. The molecule has 182 valence electrons. The molecule has 1 aromatic heterocycles. The first kappa shape index (κ1) is 24.6. The van der Waals surface area contributed by atoms with E-state index < -0.39 is 0 Å². The first-order chi connectivity index (χ1) is 17.2. The maximum atomic E-state index is 12.4. The number of methoxy groups -OCH3 is 1. The molecule has 0 radical (unpaired) electrons. The zero-order chi connectivity index (χ0) is 24.5. The molecule has 0 saturated heterocycles. The van der Waals surface area contributed by atoms with Crippen LogP contribution in [0.4, 0.5) is 0 Å². The van der Waals surface area contributed by atoms with E-state index in [4.69, 9.17) is 26.1 Å². The Hall–Kier alpha value is -3.51. The molecule has 0 bridgehead atoms. The largest absolute Gasteiger partial charge is 0.493 e. The van der Waals surface area contributed by atoms with Gasteiger partial charge in [0, 0.05) is 19.5 Å². The quantitative estimate of drug-likeness (QED) is 0.250. The van der Waals surface area contributed by atoms with Gasteiger partial charge in [-0.3, -0.25) is 4.79 Å². The van der Waals surface area contributed by atoms with Crippen LogP contribution >= 0.6 is 11.6 Å². The molecule has 1 amide bonds. The minimum atomic E-state index is -0.154. The fourth-order valence-corrected chi connectivity index (χ4v) is 4.27. The number of nitrogens with one attached hydrogen (secondary N) is 1. The molecule has 6 nitrogen and oxygen atoms in total. The van der Waals surface area contributed by atoms with E-state index in [0.29, 0.717) is 23.7 Å². The third-order valence-electron chi connectivity index (χ3n) is 5.82. The Bertz CT molecular complexity index is 1270. The second-order valence-corrected chi connectivity index (χ2v) is 8.62. The molecule has 0 aliphatic heterocycles. The Kier molecular flexibility index (Phi) is 8.63. The minimum absolute atomic E-state index is 0.154. The van der Waals surface area contributed by atoms with Crippen molar-refractivity contribution in [1.29, 1.82) is 0 Å². The van der Waals surface area contributed by atoms with Crippen LogP contribution in [-0.2, 0) is 13.0 Å². The van der Waals surface area contributed by atoms with Crippen molar-refractivity contribution in [3.63, 3.8) is 0 Å². The number of carbonyl (C=O) groups excluding carboxylic acids is 1. The Morgan fingerprint density at radius 2 is 1.69 bits per heavy atom. The van der Waals surface area contributed by atoms with Crippen molar-refractivity contribution >= 4 is 28.5 Å². The first-order valence-corrected chi connectivity index (χ1v) is 12.3. The van der Waals surface area contributed by atoms with Gasteiger partial charge in [0.2, 0.25) is 0 Å². The van der Waals surface area contributed by atoms with Gasteiger partial charge >= 0.3 is 0 Å². The number of halogens is 1. The van der Waals surface area contributed by atoms with Crippen molar-refractivity contribution in [2.75, 3.05) is 20.3 Å². The third-order valence-corrected chi connectivity index (χ3v) is 6.15. The SMILES string of the molecule is COc1ccccc1OCCCCn1c(CCCNC(=O)c2ccccc2Cl)nc2ccccc21. The minimum Gasteiger partial charge on any atom is -0.493 e. The summed E-state index contributed by atoms with van der Waals surface area (Å²) in [7, 11) is 1.65. The Morgan fingerprint density at radius 1 is 0.943 bits per heavy atom. The van der Waals surface area contributed by atoms with Gasteiger partial charge in [0.1, 0.15) is 5.82 Å². The van der Waals surface area contributed by atoms with Crippen LogP contribution in [0.15, 0.2) is 72.8 Å². The van der Waals surface area contributed by atoms with Gasteiger partial charge in [-0.15, -0.1) is 0 Å². The number of benzene rings is 3. The molecule has 7 heteroatoms. The Balaban J connectivity index is 1.30. The number of carbonyl (C=O) groups is 1. The van der Waals surface area contributed by atoms with Crippen LogP contribution in [0.5, 0.6) is 11.5 Å². The number of amides is 1. The molecular weight excluding hydrogens is 462 g/mol. The van der Waals surface area contributed by atoms with E-state index in [-0.39, 0.29) is 5.91 Å². The number of hydrogen-bond donors (Lipinski definition) is 1. The van der Waals surface area contributed by atoms with E-state index in [1.807, 2.05) is 54.6 Å². The summed E-state index contributed by atoms with van der Waals surface area (Å²) < 4.78 is 13.5. The topological polar surface area (TPSA) is 65.4 Å². The van der Waals surface area contributed by atoms with Crippen LogP contribution < -0.4 is 14.8 Å². The standard InChI is InChI=1S/C28H30ClN3O3/c1-34-25-15-6-7-16-26(25)35-20-9-8-19-32-24-14-5-4-13-23(24)31-27(32)17-10-18-30-28(33)21-11-2-3-12-22(21)29/h2-7,11-16H,8-10,17-20H2,1H3,(H,30,33). The highest BCUT2D eigenvalue weighted by Crippen LogP contribution is 2.26. The second-order valence-electron chi connectivity index (χ2n) is 8.21. The summed E-state index contributed by atoms with van der Waals surface area (Å²) in [5.74, 6) is 2.39. The van der Waals surface area contributed by atoms with Crippen LogP contribution in [0.25, 0.3) is 11.0 Å². The number of aryl methyl sites for hydroxylation is 2. The van der Waals surface area contributed by atoms with Gasteiger partial charge in [0.15, 0.2) is 11.5 Å². The molecular formula is C28H30ClN3O3. The lowest BCUT2D eigenvalue weighted by atomic mass is 10.2. The fraction of sp³-hybridized carbons (Fsp3) is 0.286. The zero-order valence-corrected chi connectivity index (χ0v) is 20.6. The van der Waals surface area contributed by atoms with E-state index in [2.05, 4.69) is 16.0 Å². The van der Waals surface area contributed by atoms with Crippen LogP contribution in [0, 0.1) is 0 Å². The summed E-state index contributed by atoms with van der Waals surface area (Å²) in [6.07, 6.45) is 3.44. The lowest BCUT2D eigenvalue weighted by Crippen LogP contribution is -2.25. The average molecular weight is 492 g/mol. The van der Waals surface area contributed by atoms with Crippen LogP contribution in [0.3, 0.4) is 0 Å². The number of unbranched alkanes of at least 4 members (excludes halogenated alkanes) is 1. The van der Waals surface area contributed by atoms with Gasteiger partial charge in [-0.05, 0) is 55.7 Å². The van der Waals surface area contributed by atoms with Crippen molar-refractivity contribution in [2.45, 2.75) is 32.2 Å². The molecule has 0 fully saturated rings. The van der Waals surface area contributed by atoms with Crippen molar-refractivity contribution in [2.24, 2.45) is 0 Å². The molecule has 1 heterocycles. The summed E-state index contributed by atoms with van der Waals surface area (Å²) in [4.78, 5) is 17.2. The van der Waals surface area contributed by atoms with E-state index in [0.717, 1.165) is 60.6 Å². The van der Waals surface area contributed by atoms with Gasteiger partial charge in [-0.1, -0.05) is 48.0 Å². The van der Waals surface area contributed by atoms with Gasteiger partial charge in [0.05, 0.1) is 35.3 Å². The number of aromatic nitrogens is 2. The fourth-order valence-electron chi connectivity index (χ4n) is 4.05. The number of imidazole rings is 1. The molecule has 0 saturated carbocycles. The summed E-state index contributed by atoms with van der Waals surface area (Å²) in [5.41, 5.74) is 2.62. The van der Waals surface area contributed by atoms with E-state index >= 15 is 0 Å². The number of fused-ring (bicyclic) bond motifs is 1. The summed E-state index contributed by atoms with van der Waals surface area (Å²) in [5, 5.41) is 3.42. The molecule has 0 unspecified atom stereocenters. The number of hydrogen-bond acceptors (Lipinski definition) is 4. The number of ether oxygens (including phenoxy) is 2. The summed E-state index contributed by atoms with van der Waals surface area (Å²) in [6, 6.07) is 23.0. The monoisotopic (exact) mass is 491 g/mol. The molecule has 4 aromatic rings. The average Bonchev–Trinajstić information content (AvgIpc) is 3.24. The molecule has 35 heavy (non-hydrogen) atoms. The van der Waals surface area contributed by atoms with E-state index in [1.165, 1.54) is 0 Å². The molecule has 3 aromatic carbocycles. The van der Waals surface area contributed by atoms with Crippen molar-refractivity contribution in [1.82, 2.24) is 14.9 Å². The van der Waals surface area contributed by atoms with Crippen molar-refractivity contribution in [3.05, 3.63) is 89.2 Å². The molecule has 0 aliphatic rings. The number of rotatable bonds is 12. The zero-order valence-electron chi connectivity index (χ0n) is 19.9. The van der Waals surface area contributed by atoms with E-state index in [1.54, 1.807) is 19.2 Å². The predicted molar refractivity (Wildman–Crippen MR) is 140 cm³/mol. The first-order valence-electron chi connectivity index (χ1n) is 11.9. The molecule has 1 N–H and O–H groups in total.